The summed E-state index contributed by atoms with van der Waals surface area (Å²) < 4.78 is 29.2. The normalized spacial score (nSPS) is 10.8. The van der Waals surface area contributed by atoms with Crippen molar-refractivity contribution < 1.29 is 12.6 Å². The molecule has 0 aliphatic rings. The van der Waals surface area contributed by atoms with Crippen molar-refractivity contribution in [1.82, 2.24) is 0 Å². The second-order valence-corrected chi connectivity index (χ2v) is 6.06. The zero-order valence-corrected chi connectivity index (χ0v) is 12.1. The highest BCUT2D eigenvalue weighted by molar-refractivity contribution is 7.87. The van der Waals surface area contributed by atoms with E-state index < -0.39 is 10.1 Å². The molecule has 0 spiro atoms. The Labute approximate surface area is 122 Å². The number of aryl methyl sites for hydroxylation is 1. The minimum atomic E-state index is -3.97. The Morgan fingerprint density at radius 2 is 1.80 bits per heavy atom. The number of nitriles is 1. The second-order valence-electron chi connectivity index (χ2n) is 4.10. The van der Waals surface area contributed by atoms with E-state index in [1.54, 1.807) is 24.3 Å². The average Bonchev–Trinajstić information content (AvgIpc) is 2.41. The lowest BCUT2D eigenvalue weighted by molar-refractivity contribution is 0.486. The summed E-state index contributed by atoms with van der Waals surface area (Å²) in [4.78, 5) is -0.0953. The monoisotopic (exact) mass is 307 g/mol. The first kappa shape index (κ1) is 14.4. The molecule has 20 heavy (non-hydrogen) atoms. The quantitative estimate of drug-likeness (QED) is 0.816. The molecule has 0 bridgehead atoms. The fraction of sp³-hybridized carbons (Fsp3) is 0.0714. The van der Waals surface area contributed by atoms with Crippen LogP contribution in [0.1, 0.15) is 11.1 Å². The number of halogens is 1. The van der Waals surface area contributed by atoms with Gasteiger partial charge < -0.3 is 4.18 Å². The van der Waals surface area contributed by atoms with Crippen molar-refractivity contribution in [2.24, 2.45) is 0 Å². The van der Waals surface area contributed by atoms with Gasteiger partial charge in [0, 0.05) is 0 Å². The van der Waals surface area contributed by atoms with E-state index in [4.69, 9.17) is 21.0 Å². The molecule has 0 radical (unpaired) electrons. The van der Waals surface area contributed by atoms with E-state index in [0.717, 1.165) is 5.56 Å². The lowest BCUT2D eigenvalue weighted by atomic mass is 10.2. The van der Waals surface area contributed by atoms with Crippen LogP contribution in [0.25, 0.3) is 0 Å². The van der Waals surface area contributed by atoms with Crippen molar-refractivity contribution in [2.75, 3.05) is 0 Å². The molecule has 0 saturated carbocycles. The predicted molar refractivity (Wildman–Crippen MR) is 75.2 cm³/mol. The maximum absolute atomic E-state index is 12.1. The maximum Gasteiger partial charge on any atom is 0.339 e. The summed E-state index contributed by atoms with van der Waals surface area (Å²) in [6, 6.07) is 12.3. The Kier molecular flexibility index (Phi) is 3.98. The fourth-order valence-electron chi connectivity index (χ4n) is 1.51. The van der Waals surface area contributed by atoms with Gasteiger partial charge in [0.25, 0.3) is 0 Å². The summed E-state index contributed by atoms with van der Waals surface area (Å²) in [6.07, 6.45) is 0. The standard InChI is InChI=1S/C14H10ClNO3S/c1-10-2-5-12(6-3-10)19-20(17,18)13-7-4-11(9-16)14(15)8-13/h2-8H,1H3. The summed E-state index contributed by atoms with van der Waals surface area (Å²) >= 11 is 5.82. The van der Waals surface area contributed by atoms with Gasteiger partial charge in [0.15, 0.2) is 0 Å². The molecule has 2 aromatic rings. The Hall–Kier alpha value is -2.03. The second kappa shape index (κ2) is 5.53. The van der Waals surface area contributed by atoms with E-state index in [9.17, 15) is 8.42 Å². The fourth-order valence-corrected chi connectivity index (χ4v) is 2.76. The first-order valence-corrected chi connectivity index (χ1v) is 7.42. The third kappa shape index (κ3) is 3.10. The Morgan fingerprint density at radius 1 is 1.15 bits per heavy atom. The van der Waals surface area contributed by atoms with Crippen LogP contribution in [-0.2, 0) is 10.1 Å². The van der Waals surface area contributed by atoms with Gasteiger partial charge in [-0.25, -0.2) is 0 Å². The van der Waals surface area contributed by atoms with Crippen LogP contribution in [0.3, 0.4) is 0 Å². The highest BCUT2D eigenvalue weighted by Crippen LogP contribution is 2.23. The lowest BCUT2D eigenvalue weighted by Crippen LogP contribution is -2.09. The molecule has 0 amide bonds. The molecule has 2 aromatic carbocycles. The Balaban J connectivity index is 2.33. The summed E-state index contributed by atoms with van der Waals surface area (Å²) in [7, 11) is -3.97. The van der Waals surface area contributed by atoms with Crippen LogP contribution in [-0.4, -0.2) is 8.42 Å². The molecular weight excluding hydrogens is 298 g/mol. The minimum absolute atomic E-state index is 0.0704. The summed E-state index contributed by atoms with van der Waals surface area (Å²) in [5.41, 5.74) is 1.21. The molecule has 0 heterocycles. The van der Waals surface area contributed by atoms with Crippen LogP contribution in [0.5, 0.6) is 5.75 Å². The van der Waals surface area contributed by atoms with Gasteiger partial charge in [0.2, 0.25) is 0 Å². The van der Waals surface area contributed by atoms with Crippen LogP contribution < -0.4 is 4.18 Å². The molecule has 0 fully saturated rings. The highest BCUT2D eigenvalue weighted by Gasteiger charge is 2.18. The van der Waals surface area contributed by atoms with Crippen molar-refractivity contribution in [2.45, 2.75) is 11.8 Å². The Morgan fingerprint density at radius 3 is 2.35 bits per heavy atom. The lowest BCUT2D eigenvalue weighted by Gasteiger charge is -2.07. The largest absolute Gasteiger partial charge is 0.379 e. The van der Waals surface area contributed by atoms with Crippen LogP contribution in [0.15, 0.2) is 47.4 Å². The molecular formula is C14H10ClNO3S. The molecule has 0 N–H and O–H groups in total. The van der Waals surface area contributed by atoms with Gasteiger partial charge in [-0.2, -0.15) is 13.7 Å². The Bertz CT molecular complexity index is 777. The number of benzene rings is 2. The van der Waals surface area contributed by atoms with Crippen molar-refractivity contribution in [3.8, 4) is 11.8 Å². The van der Waals surface area contributed by atoms with E-state index >= 15 is 0 Å². The molecule has 2 rings (SSSR count). The average molecular weight is 308 g/mol. The summed E-state index contributed by atoms with van der Waals surface area (Å²) in [6.45, 7) is 1.89. The molecule has 4 nitrogen and oxygen atoms in total. The third-order valence-electron chi connectivity index (χ3n) is 2.58. The van der Waals surface area contributed by atoms with Crippen LogP contribution in [0.4, 0.5) is 0 Å². The van der Waals surface area contributed by atoms with Gasteiger partial charge in [-0.3, -0.25) is 0 Å². The van der Waals surface area contributed by atoms with Crippen LogP contribution in [0.2, 0.25) is 5.02 Å². The molecule has 0 atom stereocenters. The van der Waals surface area contributed by atoms with Gasteiger partial charge in [0.05, 0.1) is 10.6 Å². The van der Waals surface area contributed by atoms with E-state index in [-0.39, 0.29) is 21.2 Å². The molecule has 0 aromatic heterocycles. The van der Waals surface area contributed by atoms with Crippen molar-refractivity contribution >= 4 is 21.7 Å². The van der Waals surface area contributed by atoms with Gasteiger partial charge in [-0.1, -0.05) is 29.3 Å². The van der Waals surface area contributed by atoms with Crippen molar-refractivity contribution in [1.29, 1.82) is 5.26 Å². The van der Waals surface area contributed by atoms with Crippen LogP contribution in [0, 0.1) is 18.3 Å². The van der Waals surface area contributed by atoms with Gasteiger partial charge >= 0.3 is 10.1 Å². The number of hydrogen-bond acceptors (Lipinski definition) is 4. The van der Waals surface area contributed by atoms with Crippen LogP contribution >= 0.6 is 11.6 Å². The smallest absolute Gasteiger partial charge is 0.339 e. The highest BCUT2D eigenvalue weighted by atomic mass is 35.5. The third-order valence-corrected chi connectivity index (χ3v) is 4.13. The molecule has 0 saturated heterocycles. The zero-order chi connectivity index (χ0) is 14.8. The molecule has 6 heteroatoms. The van der Waals surface area contributed by atoms with E-state index in [2.05, 4.69) is 0 Å². The SMILES string of the molecule is Cc1ccc(OS(=O)(=O)c2ccc(C#N)c(Cl)c2)cc1. The van der Waals surface area contributed by atoms with E-state index in [1.807, 2.05) is 13.0 Å². The zero-order valence-electron chi connectivity index (χ0n) is 10.5. The predicted octanol–water partition coefficient (Wildman–Crippen LogP) is 3.29. The van der Waals surface area contributed by atoms with Crippen molar-refractivity contribution in [3.05, 3.63) is 58.6 Å². The number of hydrogen-bond donors (Lipinski definition) is 0. The number of nitrogens with zero attached hydrogens (tertiary/aromatic N) is 1. The molecule has 0 unspecified atom stereocenters. The molecule has 0 aliphatic heterocycles. The number of rotatable bonds is 3. The first-order chi connectivity index (χ1) is 9.42. The van der Waals surface area contributed by atoms with E-state index in [0.29, 0.717) is 0 Å². The molecule has 102 valence electrons. The van der Waals surface area contributed by atoms with Gasteiger partial charge in [-0.15, -0.1) is 0 Å². The van der Waals surface area contributed by atoms with Gasteiger partial charge in [0.1, 0.15) is 16.7 Å². The summed E-state index contributed by atoms with van der Waals surface area (Å²) in [5, 5.41) is 8.83. The maximum atomic E-state index is 12.1. The van der Waals surface area contributed by atoms with E-state index in [1.165, 1.54) is 18.2 Å². The minimum Gasteiger partial charge on any atom is -0.379 e. The van der Waals surface area contributed by atoms with Gasteiger partial charge in [-0.05, 0) is 37.3 Å². The summed E-state index contributed by atoms with van der Waals surface area (Å²) in [5.74, 6) is 0.219. The first-order valence-electron chi connectivity index (χ1n) is 5.63. The topological polar surface area (TPSA) is 67.2 Å². The molecule has 0 aliphatic carbocycles. The van der Waals surface area contributed by atoms with Crippen molar-refractivity contribution in [3.63, 3.8) is 0 Å².